The van der Waals surface area contributed by atoms with Gasteiger partial charge in [0.15, 0.2) is 0 Å². The summed E-state index contributed by atoms with van der Waals surface area (Å²) in [6.45, 7) is 4.48. The van der Waals surface area contributed by atoms with E-state index in [1.165, 1.54) is 10.4 Å². The van der Waals surface area contributed by atoms with E-state index in [4.69, 9.17) is 5.73 Å². The summed E-state index contributed by atoms with van der Waals surface area (Å²) in [5.41, 5.74) is 9.05. The molecule has 0 fully saturated rings. The molecule has 3 nitrogen and oxygen atoms in total. The van der Waals surface area contributed by atoms with Crippen molar-refractivity contribution in [3.05, 3.63) is 51.2 Å². The first kappa shape index (κ1) is 12.6. The van der Waals surface area contributed by atoms with Gasteiger partial charge in [0.05, 0.1) is 12.1 Å². The van der Waals surface area contributed by atoms with Gasteiger partial charge in [-0.3, -0.25) is 4.79 Å². The summed E-state index contributed by atoms with van der Waals surface area (Å²) < 4.78 is 0. The van der Waals surface area contributed by atoms with Crippen molar-refractivity contribution in [1.82, 2.24) is 5.32 Å². The van der Waals surface area contributed by atoms with Gasteiger partial charge in [0.2, 0.25) is 0 Å². The number of amides is 1. The van der Waals surface area contributed by atoms with Crippen LogP contribution in [0, 0.1) is 13.8 Å². The zero-order valence-electron chi connectivity index (χ0n) is 10.5. The molecule has 0 bridgehead atoms. The molecule has 0 aliphatic carbocycles. The number of rotatable bonds is 3. The third-order valence-corrected chi connectivity index (χ3v) is 3.93. The van der Waals surface area contributed by atoms with E-state index in [1.54, 1.807) is 17.4 Å². The summed E-state index contributed by atoms with van der Waals surface area (Å²) in [6, 6.07) is 7.54. The molecule has 94 valence electrons. The van der Waals surface area contributed by atoms with Crippen molar-refractivity contribution >= 4 is 22.9 Å². The molecule has 1 aromatic carbocycles. The first-order valence-corrected chi connectivity index (χ1v) is 6.64. The summed E-state index contributed by atoms with van der Waals surface area (Å²) in [6.07, 6.45) is 0. The molecule has 0 aliphatic heterocycles. The van der Waals surface area contributed by atoms with Crippen molar-refractivity contribution in [2.24, 2.45) is 0 Å². The van der Waals surface area contributed by atoms with E-state index in [2.05, 4.69) is 5.32 Å². The molecule has 4 heteroatoms. The summed E-state index contributed by atoms with van der Waals surface area (Å²) in [7, 11) is 0. The van der Waals surface area contributed by atoms with Gasteiger partial charge in [-0.15, -0.1) is 11.3 Å². The monoisotopic (exact) mass is 260 g/mol. The molecule has 0 saturated heterocycles. The maximum Gasteiger partial charge on any atom is 0.253 e. The van der Waals surface area contributed by atoms with Gasteiger partial charge in [-0.1, -0.05) is 12.1 Å². The summed E-state index contributed by atoms with van der Waals surface area (Å²) in [5, 5.41) is 4.94. The van der Waals surface area contributed by atoms with E-state index in [9.17, 15) is 4.79 Å². The van der Waals surface area contributed by atoms with Crippen molar-refractivity contribution in [3.63, 3.8) is 0 Å². The Balaban J connectivity index is 2.11. The van der Waals surface area contributed by atoms with Crippen LogP contribution in [0.4, 0.5) is 5.69 Å². The molecule has 2 rings (SSSR count). The lowest BCUT2D eigenvalue weighted by Crippen LogP contribution is -2.24. The summed E-state index contributed by atoms with van der Waals surface area (Å²) in [4.78, 5) is 13.3. The molecule has 18 heavy (non-hydrogen) atoms. The SMILES string of the molecule is Cc1ccsc1CNC(=O)c1c(C)cccc1N. The largest absolute Gasteiger partial charge is 0.398 e. The molecule has 0 saturated carbocycles. The zero-order chi connectivity index (χ0) is 13.1. The Morgan fingerprint density at radius 3 is 2.67 bits per heavy atom. The van der Waals surface area contributed by atoms with E-state index in [-0.39, 0.29) is 5.91 Å². The van der Waals surface area contributed by atoms with Gasteiger partial charge in [0, 0.05) is 10.6 Å². The molecule has 1 aromatic heterocycles. The molecular weight excluding hydrogens is 244 g/mol. The van der Waals surface area contributed by atoms with Gasteiger partial charge in [0.25, 0.3) is 5.91 Å². The number of nitrogens with one attached hydrogen (secondary N) is 1. The Morgan fingerprint density at radius 1 is 1.28 bits per heavy atom. The van der Waals surface area contributed by atoms with Gasteiger partial charge >= 0.3 is 0 Å². The highest BCUT2D eigenvalue weighted by Gasteiger charge is 2.12. The molecule has 0 spiro atoms. The standard InChI is InChI=1S/C14H16N2OS/c1-9-6-7-18-12(9)8-16-14(17)13-10(2)4-3-5-11(13)15/h3-7H,8,15H2,1-2H3,(H,16,17). The van der Waals surface area contributed by atoms with E-state index in [0.29, 0.717) is 17.8 Å². The number of nitrogens with two attached hydrogens (primary N) is 1. The lowest BCUT2D eigenvalue weighted by atomic mass is 10.1. The normalized spacial score (nSPS) is 10.3. The van der Waals surface area contributed by atoms with Crippen LogP contribution in [-0.4, -0.2) is 5.91 Å². The number of anilines is 1. The van der Waals surface area contributed by atoms with E-state index in [1.807, 2.05) is 37.4 Å². The van der Waals surface area contributed by atoms with Crippen LogP contribution in [0.1, 0.15) is 26.4 Å². The number of aryl methyl sites for hydroxylation is 2. The van der Waals surface area contributed by atoms with Crippen LogP contribution in [0.25, 0.3) is 0 Å². The smallest absolute Gasteiger partial charge is 0.253 e. The third kappa shape index (κ3) is 2.54. The number of nitrogen functional groups attached to an aromatic ring is 1. The van der Waals surface area contributed by atoms with Crippen LogP contribution in [0.3, 0.4) is 0 Å². The molecule has 0 unspecified atom stereocenters. The van der Waals surface area contributed by atoms with Crippen molar-refractivity contribution in [2.75, 3.05) is 5.73 Å². The van der Waals surface area contributed by atoms with Gasteiger partial charge in [-0.05, 0) is 42.5 Å². The molecular formula is C14H16N2OS. The lowest BCUT2D eigenvalue weighted by Gasteiger charge is -2.09. The predicted octanol–water partition coefficient (Wildman–Crippen LogP) is 2.88. The van der Waals surface area contributed by atoms with E-state index in [0.717, 1.165) is 5.56 Å². The fraction of sp³-hybridized carbons (Fsp3) is 0.214. The highest BCUT2D eigenvalue weighted by molar-refractivity contribution is 7.10. The van der Waals surface area contributed by atoms with Crippen molar-refractivity contribution < 1.29 is 4.79 Å². The third-order valence-electron chi connectivity index (χ3n) is 2.91. The molecule has 1 heterocycles. The topological polar surface area (TPSA) is 55.1 Å². The Labute approximate surface area is 111 Å². The van der Waals surface area contributed by atoms with Gasteiger partial charge in [0.1, 0.15) is 0 Å². The average Bonchev–Trinajstić information content (AvgIpc) is 2.72. The minimum atomic E-state index is -0.113. The molecule has 0 radical (unpaired) electrons. The Hall–Kier alpha value is -1.81. The molecule has 0 aliphatic rings. The van der Waals surface area contributed by atoms with Crippen LogP contribution in [0.2, 0.25) is 0 Å². The van der Waals surface area contributed by atoms with Crippen LogP contribution >= 0.6 is 11.3 Å². The van der Waals surface area contributed by atoms with Crippen molar-refractivity contribution in [1.29, 1.82) is 0 Å². The summed E-state index contributed by atoms with van der Waals surface area (Å²) in [5.74, 6) is -0.113. The second-order valence-electron chi connectivity index (χ2n) is 4.25. The highest BCUT2D eigenvalue weighted by atomic mass is 32.1. The van der Waals surface area contributed by atoms with Gasteiger partial charge in [-0.2, -0.15) is 0 Å². The number of thiophene rings is 1. The van der Waals surface area contributed by atoms with Gasteiger partial charge in [-0.25, -0.2) is 0 Å². The van der Waals surface area contributed by atoms with Crippen LogP contribution in [-0.2, 0) is 6.54 Å². The second-order valence-corrected chi connectivity index (χ2v) is 5.25. The Kier molecular flexibility index (Phi) is 3.67. The number of hydrogen-bond donors (Lipinski definition) is 2. The van der Waals surface area contributed by atoms with Gasteiger partial charge < -0.3 is 11.1 Å². The fourth-order valence-electron chi connectivity index (χ4n) is 1.83. The van der Waals surface area contributed by atoms with Crippen molar-refractivity contribution in [3.8, 4) is 0 Å². The maximum absolute atomic E-state index is 12.1. The minimum Gasteiger partial charge on any atom is -0.398 e. The second kappa shape index (κ2) is 5.23. The quantitative estimate of drug-likeness (QED) is 0.834. The van der Waals surface area contributed by atoms with Crippen LogP contribution in [0.15, 0.2) is 29.6 Å². The van der Waals surface area contributed by atoms with Crippen LogP contribution < -0.4 is 11.1 Å². The molecule has 1 amide bonds. The Bertz CT molecular complexity index is 555. The number of benzene rings is 1. The Morgan fingerprint density at radius 2 is 2.06 bits per heavy atom. The maximum atomic E-state index is 12.1. The molecule has 2 aromatic rings. The molecule has 3 N–H and O–H groups in total. The minimum absolute atomic E-state index is 0.113. The molecule has 0 atom stereocenters. The van der Waals surface area contributed by atoms with Crippen molar-refractivity contribution in [2.45, 2.75) is 20.4 Å². The number of carbonyl (C=O) groups excluding carboxylic acids is 1. The fourth-order valence-corrected chi connectivity index (χ4v) is 2.68. The van der Waals surface area contributed by atoms with E-state index < -0.39 is 0 Å². The van der Waals surface area contributed by atoms with Crippen LogP contribution in [0.5, 0.6) is 0 Å². The zero-order valence-corrected chi connectivity index (χ0v) is 11.3. The van der Waals surface area contributed by atoms with E-state index >= 15 is 0 Å². The number of carbonyl (C=O) groups is 1. The lowest BCUT2D eigenvalue weighted by molar-refractivity contribution is 0.0951. The summed E-state index contributed by atoms with van der Waals surface area (Å²) >= 11 is 1.65. The number of hydrogen-bond acceptors (Lipinski definition) is 3. The average molecular weight is 260 g/mol. The predicted molar refractivity (Wildman–Crippen MR) is 75.8 cm³/mol. The first-order valence-electron chi connectivity index (χ1n) is 5.76. The highest BCUT2D eigenvalue weighted by Crippen LogP contribution is 2.18. The first-order chi connectivity index (χ1) is 8.59.